The van der Waals surface area contributed by atoms with E-state index in [-0.39, 0.29) is 17.6 Å². The van der Waals surface area contributed by atoms with E-state index in [1.54, 1.807) is 6.07 Å². The summed E-state index contributed by atoms with van der Waals surface area (Å²) in [4.78, 5) is 19.6. The quantitative estimate of drug-likeness (QED) is 0.553. The number of aromatic hydroxyl groups is 1. The summed E-state index contributed by atoms with van der Waals surface area (Å²) in [6, 6.07) is 13.0. The lowest BCUT2D eigenvalue weighted by Gasteiger charge is -2.39. The fourth-order valence-electron chi connectivity index (χ4n) is 5.26. The standard InChI is InChI=1S/C28H39FN4O3/c1-2-36-25-9-8-24(34)26(29)23(25)20-32-16-18-33(19-17-32)28(35)27(30)22-11-14-31(15-12-22)13-10-21-6-4-3-5-7-21/h3-9,22,27,34H,2,10-20,30H2,1H3/t27-/m1/s1. The Bertz CT molecular complexity index is 990. The van der Waals surface area contributed by atoms with Gasteiger partial charge in [-0.1, -0.05) is 30.3 Å². The van der Waals surface area contributed by atoms with Crippen molar-refractivity contribution in [2.45, 2.75) is 38.8 Å². The molecule has 1 amide bonds. The average molecular weight is 499 g/mol. The Balaban J connectivity index is 1.23. The third-order valence-corrected chi connectivity index (χ3v) is 7.53. The second-order valence-corrected chi connectivity index (χ2v) is 9.85. The van der Waals surface area contributed by atoms with Gasteiger partial charge in [0, 0.05) is 44.8 Å². The van der Waals surface area contributed by atoms with Crippen LogP contribution < -0.4 is 10.5 Å². The van der Waals surface area contributed by atoms with Gasteiger partial charge in [-0.25, -0.2) is 4.39 Å². The first-order chi connectivity index (χ1) is 17.5. The fourth-order valence-corrected chi connectivity index (χ4v) is 5.26. The number of nitrogens with two attached hydrogens (primary N) is 1. The highest BCUT2D eigenvalue weighted by Gasteiger charge is 2.33. The summed E-state index contributed by atoms with van der Waals surface area (Å²) in [5.74, 6) is -0.339. The lowest BCUT2D eigenvalue weighted by atomic mass is 9.88. The molecule has 196 valence electrons. The van der Waals surface area contributed by atoms with E-state index in [0.29, 0.717) is 50.6 Å². The van der Waals surface area contributed by atoms with Crippen LogP contribution in [0.3, 0.4) is 0 Å². The maximum Gasteiger partial charge on any atom is 0.239 e. The van der Waals surface area contributed by atoms with Crippen molar-refractivity contribution >= 4 is 5.91 Å². The molecule has 0 unspecified atom stereocenters. The fraction of sp³-hybridized carbons (Fsp3) is 0.536. The number of carbonyl (C=O) groups is 1. The van der Waals surface area contributed by atoms with Crippen LogP contribution in [0.1, 0.15) is 30.9 Å². The van der Waals surface area contributed by atoms with Crippen LogP contribution >= 0.6 is 0 Å². The van der Waals surface area contributed by atoms with E-state index in [4.69, 9.17) is 10.5 Å². The Kier molecular flexibility index (Phi) is 9.18. The molecule has 0 aromatic heterocycles. The van der Waals surface area contributed by atoms with E-state index in [1.807, 2.05) is 17.9 Å². The van der Waals surface area contributed by atoms with E-state index in [9.17, 15) is 14.3 Å². The summed E-state index contributed by atoms with van der Waals surface area (Å²) >= 11 is 0. The number of hydrogen-bond donors (Lipinski definition) is 2. The molecule has 1 atom stereocenters. The van der Waals surface area contributed by atoms with Gasteiger partial charge in [-0.15, -0.1) is 0 Å². The van der Waals surface area contributed by atoms with Crippen LogP contribution in [0.5, 0.6) is 11.5 Å². The predicted molar refractivity (Wildman–Crippen MR) is 138 cm³/mol. The molecular weight excluding hydrogens is 459 g/mol. The lowest BCUT2D eigenvalue weighted by molar-refractivity contribution is -0.136. The maximum atomic E-state index is 14.6. The van der Waals surface area contributed by atoms with Crippen molar-refractivity contribution in [2.24, 2.45) is 11.7 Å². The number of halogens is 1. The normalized spacial score (nSPS) is 18.8. The summed E-state index contributed by atoms with van der Waals surface area (Å²) in [7, 11) is 0. The smallest absolute Gasteiger partial charge is 0.239 e. The Hall–Kier alpha value is -2.68. The van der Waals surface area contributed by atoms with E-state index < -0.39 is 11.9 Å². The van der Waals surface area contributed by atoms with Crippen molar-refractivity contribution < 1.29 is 19.0 Å². The van der Waals surface area contributed by atoms with Gasteiger partial charge in [0.2, 0.25) is 5.91 Å². The third-order valence-electron chi connectivity index (χ3n) is 7.53. The number of hydrogen-bond acceptors (Lipinski definition) is 6. The number of phenolic OH excluding ortho intramolecular Hbond substituents is 1. The number of rotatable bonds is 9. The van der Waals surface area contributed by atoms with Gasteiger partial charge in [-0.2, -0.15) is 0 Å². The molecule has 2 aliphatic heterocycles. The largest absolute Gasteiger partial charge is 0.505 e. The molecule has 2 heterocycles. The molecule has 0 radical (unpaired) electrons. The van der Waals surface area contributed by atoms with Gasteiger partial charge in [0.25, 0.3) is 0 Å². The predicted octanol–water partition coefficient (Wildman–Crippen LogP) is 2.86. The highest BCUT2D eigenvalue weighted by atomic mass is 19.1. The second kappa shape index (κ2) is 12.5. The molecule has 0 spiro atoms. The lowest BCUT2D eigenvalue weighted by Crippen LogP contribution is -2.55. The van der Waals surface area contributed by atoms with E-state index in [0.717, 1.165) is 38.9 Å². The Morgan fingerprint density at radius 2 is 1.75 bits per heavy atom. The van der Waals surface area contributed by atoms with Gasteiger partial charge >= 0.3 is 0 Å². The van der Waals surface area contributed by atoms with Gasteiger partial charge < -0.3 is 25.4 Å². The average Bonchev–Trinajstić information content (AvgIpc) is 2.92. The number of nitrogens with zero attached hydrogens (tertiary/aromatic N) is 3. The van der Waals surface area contributed by atoms with Crippen LogP contribution in [0.4, 0.5) is 4.39 Å². The zero-order valence-electron chi connectivity index (χ0n) is 21.2. The number of benzene rings is 2. The van der Waals surface area contributed by atoms with Crippen LogP contribution in [0.15, 0.2) is 42.5 Å². The molecule has 7 nitrogen and oxygen atoms in total. The summed E-state index contributed by atoms with van der Waals surface area (Å²) in [5, 5.41) is 9.80. The van der Waals surface area contributed by atoms with Crippen LogP contribution in [-0.4, -0.2) is 84.2 Å². The van der Waals surface area contributed by atoms with Crippen molar-refractivity contribution in [1.29, 1.82) is 0 Å². The minimum atomic E-state index is -0.642. The van der Waals surface area contributed by atoms with Crippen LogP contribution in [0.25, 0.3) is 0 Å². The Morgan fingerprint density at radius 1 is 1.06 bits per heavy atom. The minimum absolute atomic E-state index is 0.0240. The van der Waals surface area contributed by atoms with Gasteiger partial charge in [-0.3, -0.25) is 9.69 Å². The van der Waals surface area contributed by atoms with Crippen LogP contribution in [0, 0.1) is 11.7 Å². The first-order valence-electron chi connectivity index (χ1n) is 13.1. The molecule has 4 rings (SSSR count). The van der Waals surface area contributed by atoms with Gasteiger partial charge in [0.15, 0.2) is 11.6 Å². The van der Waals surface area contributed by atoms with E-state index in [1.165, 1.54) is 11.6 Å². The molecule has 2 saturated heterocycles. The molecule has 2 fully saturated rings. The van der Waals surface area contributed by atoms with Crippen molar-refractivity contribution in [1.82, 2.24) is 14.7 Å². The molecule has 3 N–H and O–H groups in total. The van der Waals surface area contributed by atoms with Crippen molar-refractivity contribution in [3.63, 3.8) is 0 Å². The van der Waals surface area contributed by atoms with Crippen LogP contribution in [0.2, 0.25) is 0 Å². The van der Waals surface area contributed by atoms with Crippen molar-refractivity contribution in [3.05, 3.63) is 59.4 Å². The number of piperidine rings is 1. The number of likely N-dealkylation sites (tertiary alicyclic amines) is 1. The molecule has 0 saturated carbocycles. The van der Waals surface area contributed by atoms with E-state index >= 15 is 0 Å². The zero-order valence-corrected chi connectivity index (χ0v) is 21.2. The minimum Gasteiger partial charge on any atom is -0.505 e. The summed E-state index contributed by atoms with van der Waals surface area (Å²) < 4.78 is 20.1. The number of amides is 1. The van der Waals surface area contributed by atoms with Crippen molar-refractivity contribution in [2.75, 3.05) is 52.4 Å². The van der Waals surface area contributed by atoms with Gasteiger partial charge in [-0.05, 0) is 62.9 Å². The first kappa shape index (κ1) is 26.4. The molecule has 2 aliphatic rings. The van der Waals surface area contributed by atoms with Gasteiger partial charge in [0.05, 0.1) is 12.6 Å². The second-order valence-electron chi connectivity index (χ2n) is 9.85. The number of phenols is 1. The topological polar surface area (TPSA) is 82.3 Å². The van der Waals surface area contributed by atoms with Gasteiger partial charge in [0.1, 0.15) is 5.75 Å². The highest BCUT2D eigenvalue weighted by Crippen LogP contribution is 2.30. The number of ether oxygens (including phenoxy) is 1. The van der Waals surface area contributed by atoms with Crippen molar-refractivity contribution in [3.8, 4) is 11.5 Å². The number of piperazine rings is 1. The SMILES string of the molecule is CCOc1ccc(O)c(F)c1CN1CCN(C(=O)[C@H](N)C2CCN(CCc3ccccc3)CC2)CC1. The van der Waals surface area contributed by atoms with E-state index in [2.05, 4.69) is 34.1 Å². The van der Waals surface area contributed by atoms with Crippen LogP contribution in [-0.2, 0) is 17.8 Å². The monoisotopic (exact) mass is 498 g/mol. The third kappa shape index (κ3) is 6.55. The summed E-state index contributed by atoms with van der Waals surface area (Å²) in [6.07, 6.45) is 2.93. The molecular formula is C28H39FN4O3. The first-order valence-corrected chi connectivity index (χ1v) is 13.1. The summed E-state index contributed by atoms with van der Waals surface area (Å²) in [6.45, 7) is 7.94. The number of carbonyl (C=O) groups excluding carboxylic acids is 1. The Labute approximate surface area is 213 Å². The molecule has 2 aromatic rings. The maximum absolute atomic E-state index is 14.6. The molecule has 0 aliphatic carbocycles. The molecule has 36 heavy (non-hydrogen) atoms. The molecule has 2 aromatic carbocycles. The molecule has 8 heteroatoms. The highest BCUT2D eigenvalue weighted by molar-refractivity contribution is 5.82. The zero-order chi connectivity index (χ0) is 25.5. The summed E-state index contributed by atoms with van der Waals surface area (Å²) in [5.41, 5.74) is 8.17. The molecule has 0 bridgehead atoms. The Morgan fingerprint density at radius 3 is 2.42 bits per heavy atom.